The Morgan fingerprint density at radius 2 is 1.92 bits per heavy atom. The van der Waals surface area contributed by atoms with Gasteiger partial charge in [-0.2, -0.15) is 13.2 Å². The van der Waals surface area contributed by atoms with Crippen LogP contribution >= 0.6 is 0 Å². The number of fused-ring (bicyclic) bond motifs is 1. The number of hydrogen-bond acceptors (Lipinski definition) is 2. The molecule has 3 rings (SSSR count). The second-order valence-corrected chi connectivity index (χ2v) is 5.52. The number of Topliss-reactive ketones (excluding diaryl/α,β-unsaturated/α-hetero) is 1. The summed E-state index contributed by atoms with van der Waals surface area (Å²) in [5.41, 5.74) is 0.207. The van der Waals surface area contributed by atoms with Gasteiger partial charge >= 0.3 is 6.18 Å². The molecule has 0 saturated carbocycles. The Morgan fingerprint density at radius 3 is 2.60 bits per heavy atom. The van der Waals surface area contributed by atoms with Gasteiger partial charge in [0.25, 0.3) is 0 Å². The summed E-state index contributed by atoms with van der Waals surface area (Å²) in [6.45, 7) is 0. The molecule has 25 heavy (non-hydrogen) atoms. The fourth-order valence-electron chi connectivity index (χ4n) is 2.66. The first kappa shape index (κ1) is 17.0. The van der Waals surface area contributed by atoms with Crippen LogP contribution in [0.4, 0.5) is 17.6 Å². The predicted octanol–water partition coefficient (Wildman–Crippen LogP) is 4.76. The van der Waals surface area contributed by atoms with Crippen LogP contribution in [0, 0.1) is 5.82 Å². The molecule has 1 aromatic heterocycles. The second kappa shape index (κ2) is 6.23. The second-order valence-electron chi connectivity index (χ2n) is 5.52. The minimum atomic E-state index is -4.49. The number of halogens is 4. The average molecular weight is 351 g/mol. The number of hydrogen-bond donors (Lipinski definition) is 1. The van der Waals surface area contributed by atoms with Crippen molar-refractivity contribution < 1.29 is 27.1 Å². The first-order valence-corrected chi connectivity index (χ1v) is 7.33. The fourth-order valence-corrected chi connectivity index (χ4v) is 2.66. The van der Waals surface area contributed by atoms with E-state index in [4.69, 9.17) is 4.74 Å². The maximum Gasteiger partial charge on any atom is 0.416 e. The molecule has 3 nitrogen and oxygen atoms in total. The number of carbonyl (C=O) groups is 1. The van der Waals surface area contributed by atoms with Crippen molar-refractivity contribution in [3.63, 3.8) is 0 Å². The highest BCUT2D eigenvalue weighted by Gasteiger charge is 2.31. The molecule has 2 aromatic carbocycles. The Hall–Kier alpha value is -2.83. The maximum absolute atomic E-state index is 13.2. The third kappa shape index (κ3) is 3.35. The Balaban J connectivity index is 1.97. The van der Waals surface area contributed by atoms with Crippen LogP contribution in [-0.2, 0) is 12.6 Å². The quantitative estimate of drug-likeness (QED) is 0.544. The number of nitrogens with one attached hydrogen (secondary N) is 1. The SMILES string of the molecule is COc1cc(F)ccc1CC(=O)c1c[nH]c2ccc(C(F)(F)F)cc12. The molecule has 0 aliphatic rings. The Labute approximate surface area is 140 Å². The Bertz CT molecular complexity index is 944. The van der Waals surface area contributed by atoms with E-state index < -0.39 is 23.3 Å². The van der Waals surface area contributed by atoms with Gasteiger partial charge in [0.05, 0.1) is 12.7 Å². The van der Waals surface area contributed by atoms with E-state index in [1.165, 1.54) is 31.5 Å². The standard InChI is InChI=1S/C18H13F4NO2/c1-25-17-8-12(19)4-2-10(17)6-16(24)14-9-23-15-5-3-11(7-13(14)15)18(20,21)22/h2-5,7-9,23H,6H2,1H3. The number of rotatable bonds is 4. The summed E-state index contributed by atoms with van der Waals surface area (Å²) < 4.78 is 57.0. The molecule has 0 bridgehead atoms. The molecule has 3 aromatic rings. The average Bonchev–Trinajstić information content (AvgIpc) is 2.98. The number of aromatic nitrogens is 1. The first-order valence-electron chi connectivity index (χ1n) is 7.33. The lowest BCUT2D eigenvalue weighted by atomic mass is 10.0. The van der Waals surface area contributed by atoms with Crippen LogP contribution in [0.15, 0.2) is 42.6 Å². The smallest absolute Gasteiger partial charge is 0.416 e. The van der Waals surface area contributed by atoms with Gasteiger partial charge in [-0.25, -0.2) is 4.39 Å². The van der Waals surface area contributed by atoms with Crippen molar-refractivity contribution in [3.8, 4) is 5.75 Å². The molecule has 0 unspecified atom stereocenters. The van der Waals surface area contributed by atoms with Gasteiger partial charge in [-0.05, 0) is 24.3 Å². The molecule has 0 aliphatic heterocycles. The Kier molecular flexibility index (Phi) is 4.24. The number of benzene rings is 2. The zero-order valence-corrected chi connectivity index (χ0v) is 13.1. The van der Waals surface area contributed by atoms with Gasteiger partial charge in [-0.1, -0.05) is 6.07 Å². The molecular weight excluding hydrogens is 338 g/mol. The van der Waals surface area contributed by atoms with E-state index in [9.17, 15) is 22.4 Å². The van der Waals surface area contributed by atoms with Crippen molar-refractivity contribution in [2.75, 3.05) is 7.11 Å². The van der Waals surface area contributed by atoms with E-state index in [1.807, 2.05) is 0 Å². The van der Waals surface area contributed by atoms with Gasteiger partial charge < -0.3 is 9.72 Å². The maximum atomic E-state index is 13.2. The zero-order chi connectivity index (χ0) is 18.2. The molecule has 130 valence electrons. The number of ketones is 1. The molecule has 0 amide bonds. The third-order valence-electron chi connectivity index (χ3n) is 3.91. The monoisotopic (exact) mass is 351 g/mol. The van der Waals surface area contributed by atoms with Crippen LogP contribution in [0.2, 0.25) is 0 Å². The molecule has 0 aliphatic carbocycles. The first-order chi connectivity index (χ1) is 11.8. The van der Waals surface area contributed by atoms with Crippen LogP contribution in [0.1, 0.15) is 21.5 Å². The molecular formula is C18H13F4NO2. The number of carbonyl (C=O) groups excluding carboxylic acids is 1. The summed E-state index contributed by atoms with van der Waals surface area (Å²) in [4.78, 5) is 15.3. The lowest BCUT2D eigenvalue weighted by molar-refractivity contribution is -0.137. The van der Waals surface area contributed by atoms with Gasteiger partial charge in [0.1, 0.15) is 11.6 Å². The number of ether oxygens (including phenoxy) is 1. The highest BCUT2D eigenvalue weighted by molar-refractivity contribution is 6.08. The van der Waals surface area contributed by atoms with Crippen molar-refractivity contribution in [3.05, 3.63) is 65.1 Å². The minimum Gasteiger partial charge on any atom is -0.496 e. The van der Waals surface area contributed by atoms with Gasteiger partial charge in [0, 0.05) is 40.7 Å². The highest BCUT2D eigenvalue weighted by atomic mass is 19.4. The largest absolute Gasteiger partial charge is 0.496 e. The summed E-state index contributed by atoms with van der Waals surface area (Å²) in [5.74, 6) is -0.686. The summed E-state index contributed by atoms with van der Waals surface area (Å²) in [6.07, 6.45) is -3.23. The molecule has 1 heterocycles. The molecule has 0 saturated heterocycles. The van der Waals surface area contributed by atoms with E-state index in [0.29, 0.717) is 11.1 Å². The summed E-state index contributed by atoms with van der Waals surface area (Å²) in [7, 11) is 1.35. The van der Waals surface area contributed by atoms with Crippen LogP contribution in [0.5, 0.6) is 5.75 Å². The number of H-pyrrole nitrogens is 1. The van der Waals surface area contributed by atoms with Crippen molar-refractivity contribution >= 4 is 16.7 Å². The fraction of sp³-hybridized carbons (Fsp3) is 0.167. The number of alkyl halides is 3. The molecule has 1 N–H and O–H groups in total. The van der Waals surface area contributed by atoms with E-state index in [-0.39, 0.29) is 23.1 Å². The van der Waals surface area contributed by atoms with Crippen molar-refractivity contribution in [2.45, 2.75) is 12.6 Å². The van der Waals surface area contributed by atoms with Gasteiger partial charge in [0.2, 0.25) is 0 Å². The number of methoxy groups -OCH3 is 1. The zero-order valence-electron chi connectivity index (χ0n) is 13.1. The highest BCUT2D eigenvalue weighted by Crippen LogP contribution is 2.32. The lowest BCUT2D eigenvalue weighted by Gasteiger charge is -2.09. The van der Waals surface area contributed by atoms with E-state index >= 15 is 0 Å². The minimum absolute atomic E-state index is 0.118. The van der Waals surface area contributed by atoms with E-state index in [2.05, 4.69) is 4.98 Å². The predicted molar refractivity (Wildman–Crippen MR) is 84.3 cm³/mol. The van der Waals surface area contributed by atoms with Gasteiger partial charge in [-0.15, -0.1) is 0 Å². The summed E-state index contributed by atoms with van der Waals surface area (Å²) in [6, 6.07) is 6.95. The van der Waals surface area contributed by atoms with Crippen molar-refractivity contribution in [1.29, 1.82) is 0 Å². The van der Waals surface area contributed by atoms with Crippen molar-refractivity contribution in [2.24, 2.45) is 0 Å². The topological polar surface area (TPSA) is 42.1 Å². The van der Waals surface area contributed by atoms with Crippen LogP contribution in [-0.4, -0.2) is 17.9 Å². The molecule has 0 fully saturated rings. The Morgan fingerprint density at radius 1 is 1.16 bits per heavy atom. The van der Waals surface area contributed by atoms with Crippen LogP contribution in [0.25, 0.3) is 10.9 Å². The summed E-state index contributed by atoms with van der Waals surface area (Å²) >= 11 is 0. The molecule has 0 atom stereocenters. The molecule has 7 heteroatoms. The molecule has 0 radical (unpaired) electrons. The lowest BCUT2D eigenvalue weighted by Crippen LogP contribution is -2.06. The van der Waals surface area contributed by atoms with Crippen LogP contribution in [0.3, 0.4) is 0 Å². The van der Waals surface area contributed by atoms with E-state index in [1.54, 1.807) is 0 Å². The van der Waals surface area contributed by atoms with Crippen LogP contribution < -0.4 is 4.74 Å². The third-order valence-corrected chi connectivity index (χ3v) is 3.91. The molecule has 0 spiro atoms. The van der Waals surface area contributed by atoms with Gasteiger partial charge in [0.15, 0.2) is 5.78 Å². The van der Waals surface area contributed by atoms with Gasteiger partial charge in [-0.3, -0.25) is 4.79 Å². The van der Waals surface area contributed by atoms with E-state index in [0.717, 1.165) is 18.2 Å². The van der Waals surface area contributed by atoms with Crippen molar-refractivity contribution in [1.82, 2.24) is 4.98 Å². The summed E-state index contributed by atoms with van der Waals surface area (Å²) in [5, 5.41) is 0.195. The normalized spacial score (nSPS) is 11.7. The number of aromatic amines is 1.